The molecule has 1 saturated heterocycles. The van der Waals surface area contributed by atoms with Crippen molar-refractivity contribution in [2.24, 2.45) is 5.92 Å². The summed E-state index contributed by atoms with van der Waals surface area (Å²) in [6.07, 6.45) is 7.77. The molecule has 1 aliphatic carbocycles. The molecule has 0 aromatic heterocycles. The number of morpholine rings is 1. The first kappa shape index (κ1) is 14.0. The van der Waals surface area contributed by atoms with Gasteiger partial charge in [0.1, 0.15) is 0 Å². The summed E-state index contributed by atoms with van der Waals surface area (Å²) in [7, 11) is 0. The van der Waals surface area contributed by atoms with E-state index >= 15 is 0 Å². The summed E-state index contributed by atoms with van der Waals surface area (Å²) in [4.78, 5) is 2.60. The highest BCUT2D eigenvalue weighted by Crippen LogP contribution is 2.24. The summed E-state index contributed by atoms with van der Waals surface area (Å²) in [6, 6.07) is 0. The molecule has 1 aliphatic heterocycles. The summed E-state index contributed by atoms with van der Waals surface area (Å²) in [5.74, 6) is 0.981. The molecule has 2 aliphatic rings. The quantitative estimate of drug-likeness (QED) is 0.717. The maximum absolute atomic E-state index is 5.56. The van der Waals surface area contributed by atoms with Crippen molar-refractivity contribution in [2.45, 2.75) is 59.0 Å². The standard InChI is InChI=1S/C12H23NO.C2H6/c1-11-9-13(7-8-14-11)10-12-5-3-2-4-6-12;1-2/h11-12H,2-10H2,1H3;1-2H3. The van der Waals surface area contributed by atoms with Gasteiger partial charge < -0.3 is 4.74 Å². The van der Waals surface area contributed by atoms with Gasteiger partial charge in [0.15, 0.2) is 0 Å². The Balaban J connectivity index is 0.000000606. The SMILES string of the molecule is CC.CC1CN(CC2CCCCC2)CCO1. The van der Waals surface area contributed by atoms with Crippen molar-refractivity contribution in [3.63, 3.8) is 0 Å². The molecule has 1 atom stereocenters. The van der Waals surface area contributed by atoms with E-state index in [9.17, 15) is 0 Å². The van der Waals surface area contributed by atoms with Gasteiger partial charge in [-0.2, -0.15) is 0 Å². The largest absolute Gasteiger partial charge is 0.376 e. The molecule has 96 valence electrons. The first-order valence-corrected chi connectivity index (χ1v) is 7.18. The number of nitrogens with zero attached hydrogens (tertiary/aromatic N) is 1. The van der Waals surface area contributed by atoms with Gasteiger partial charge in [0.25, 0.3) is 0 Å². The molecule has 0 bridgehead atoms. The van der Waals surface area contributed by atoms with Crippen molar-refractivity contribution in [3.05, 3.63) is 0 Å². The van der Waals surface area contributed by atoms with Crippen LogP contribution in [-0.2, 0) is 4.74 Å². The fraction of sp³-hybridized carbons (Fsp3) is 1.00. The molecule has 2 rings (SSSR count). The van der Waals surface area contributed by atoms with Crippen LogP contribution in [0.4, 0.5) is 0 Å². The van der Waals surface area contributed by atoms with E-state index in [2.05, 4.69) is 11.8 Å². The first-order chi connectivity index (χ1) is 7.84. The van der Waals surface area contributed by atoms with Crippen molar-refractivity contribution >= 4 is 0 Å². The Bertz CT molecular complexity index is 166. The van der Waals surface area contributed by atoms with Crippen molar-refractivity contribution in [3.8, 4) is 0 Å². The van der Waals surface area contributed by atoms with E-state index in [1.54, 1.807) is 0 Å². The van der Waals surface area contributed by atoms with E-state index in [0.29, 0.717) is 6.10 Å². The zero-order chi connectivity index (χ0) is 11.8. The van der Waals surface area contributed by atoms with E-state index in [4.69, 9.17) is 4.74 Å². The van der Waals surface area contributed by atoms with Crippen molar-refractivity contribution < 1.29 is 4.74 Å². The van der Waals surface area contributed by atoms with Crippen LogP contribution in [0.15, 0.2) is 0 Å². The van der Waals surface area contributed by atoms with Crippen LogP contribution in [0.3, 0.4) is 0 Å². The van der Waals surface area contributed by atoms with Gasteiger partial charge in [0.05, 0.1) is 12.7 Å². The van der Waals surface area contributed by atoms with Crippen LogP contribution >= 0.6 is 0 Å². The summed E-state index contributed by atoms with van der Waals surface area (Å²) in [6.45, 7) is 10.8. The third kappa shape index (κ3) is 4.84. The normalized spacial score (nSPS) is 28.3. The second-order valence-corrected chi connectivity index (χ2v) is 4.95. The lowest BCUT2D eigenvalue weighted by Crippen LogP contribution is -2.43. The molecular formula is C14H29NO. The summed E-state index contributed by atoms with van der Waals surface area (Å²) in [5, 5.41) is 0. The van der Waals surface area contributed by atoms with E-state index in [0.717, 1.165) is 25.6 Å². The monoisotopic (exact) mass is 227 g/mol. The third-order valence-corrected chi connectivity index (χ3v) is 3.57. The Hall–Kier alpha value is -0.0800. The summed E-state index contributed by atoms with van der Waals surface area (Å²) < 4.78 is 5.56. The van der Waals surface area contributed by atoms with Crippen molar-refractivity contribution in [2.75, 3.05) is 26.2 Å². The molecule has 1 heterocycles. The lowest BCUT2D eigenvalue weighted by molar-refractivity contribution is -0.0246. The topological polar surface area (TPSA) is 12.5 Å². The first-order valence-electron chi connectivity index (χ1n) is 7.18. The highest BCUT2D eigenvalue weighted by Gasteiger charge is 2.21. The second-order valence-electron chi connectivity index (χ2n) is 4.95. The van der Waals surface area contributed by atoms with Crippen LogP contribution in [0.25, 0.3) is 0 Å². The molecule has 1 saturated carbocycles. The highest BCUT2D eigenvalue weighted by atomic mass is 16.5. The van der Waals surface area contributed by atoms with E-state index in [-0.39, 0.29) is 0 Å². The average Bonchev–Trinajstić information content (AvgIpc) is 2.33. The van der Waals surface area contributed by atoms with Gasteiger partial charge in [-0.15, -0.1) is 0 Å². The van der Waals surface area contributed by atoms with Gasteiger partial charge in [-0.3, -0.25) is 4.90 Å². The molecule has 1 unspecified atom stereocenters. The Labute approximate surface area is 101 Å². The van der Waals surface area contributed by atoms with Crippen molar-refractivity contribution in [1.29, 1.82) is 0 Å². The van der Waals surface area contributed by atoms with Gasteiger partial charge in [0, 0.05) is 19.6 Å². The minimum atomic E-state index is 0.451. The maximum atomic E-state index is 5.56. The lowest BCUT2D eigenvalue weighted by Gasteiger charge is -2.34. The number of hydrogen-bond acceptors (Lipinski definition) is 2. The van der Waals surface area contributed by atoms with Gasteiger partial charge in [-0.25, -0.2) is 0 Å². The van der Waals surface area contributed by atoms with Crippen LogP contribution in [0.5, 0.6) is 0 Å². The zero-order valence-electron chi connectivity index (χ0n) is 11.4. The smallest absolute Gasteiger partial charge is 0.0674 e. The average molecular weight is 227 g/mol. The lowest BCUT2D eigenvalue weighted by atomic mass is 9.89. The summed E-state index contributed by atoms with van der Waals surface area (Å²) >= 11 is 0. The Morgan fingerprint density at radius 1 is 1.12 bits per heavy atom. The number of ether oxygens (including phenoxy) is 1. The molecule has 2 heteroatoms. The van der Waals surface area contributed by atoms with Gasteiger partial charge >= 0.3 is 0 Å². The van der Waals surface area contributed by atoms with E-state index < -0.39 is 0 Å². The molecule has 0 radical (unpaired) electrons. The van der Waals surface area contributed by atoms with Crippen LogP contribution < -0.4 is 0 Å². The number of hydrogen-bond donors (Lipinski definition) is 0. The molecule has 2 fully saturated rings. The fourth-order valence-corrected chi connectivity index (χ4v) is 2.79. The summed E-state index contributed by atoms with van der Waals surface area (Å²) in [5.41, 5.74) is 0. The Kier molecular flexibility index (Phi) is 7.06. The molecule has 0 aromatic rings. The molecule has 16 heavy (non-hydrogen) atoms. The Morgan fingerprint density at radius 2 is 1.81 bits per heavy atom. The van der Waals surface area contributed by atoms with Crippen LogP contribution in [0.1, 0.15) is 52.9 Å². The predicted molar refractivity (Wildman–Crippen MR) is 69.8 cm³/mol. The molecular weight excluding hydrogens is 198 g/mol. The minimum Gasteiger partial charge on any atom is -0.376 e. The fourth-order valence-electron chi connectivity index (χ4n) is 2.79. The third-order valence-electron chi connectivity index (χ3n) is 3.57. The predicted octanol–water partition coefficient (Wildman–Crippen LogP) is 3.31. The molecule has 0 spiro atoms. The van der Waals surface area contributed by atoms with Gasteiger partial charge in [0.2, 0.25) is 0 Å². The maximum Gasteiger partial charge on any atom is 0.0674 e. The molecule has 0 amide bonds. The zero-order valence-corrected chi connectivity index (χ0v) is 11.4. The van der Waals surface area contributed by atoms with Gasteiger partial charge in [-0.05, 0) is 25.7 Å². The number of rotatable bonds is 2. The van der Waals surface area contributed by atoms with Crippen LogP contribution in [0, 0.1) is 5.92 Å². The molecule has 0 aromatic carbocycles. The Morgan fingerprint density at radius 3 is 2.44 bits per heavy atom. The molecule has 2 nitrogen and oxygen atoms in total. The second kappa shape index (κ2) is 8.08. The highest BCUT2D eigenvalue weighted by molar-refractivity contribution is 4.74. The van der Waals surface area contributed by atoms with E-state index in [1.807, 2.05) is 13.8 Å². The van der Waals surface area contributed by atoms with Crippen LogP contribution in [0.2, 0.25) is 0 Å². The van der Waals surface area contributed by atoms with Crippen LogP contribution in [-0.4, -0.2) is 37.2 Å². The van der Waals surface area contributed by atoms with Gasteiger partial charge in [-0.1, -0.05) is 33.1 Å². The molecule has 0 N–H and O–H groups in total. The van der Waals surface area contributed by atoms with Crippen molar-refractivity contribution in [1.82, 2.24) is 4.90 Å². The minimum absolute atomic E-state index is 0.451. The van der Waals surface area contributed by atoms with E-state index in [1.165, 1.54) is 38.6 Å².